The summed E-state index contributed by atoms with van der Waals surface area (Å²) < 4.78 is 6.62. The van der Waals surface area contributed by atoms with E-state index in [1.807, 2.05) is 0 Å². The molecule has 2 atom stereocenters. The van der Waals surface area contributed by atoms with Crippen molar-refractivity contribution in [1.29, 1.82) is 0 Å². The molecule has 0 saturated heterocycles. The van der Waals surface area contributed by atoms with Gasteiger partial charge in [0.2, 0.25) is 0 Å². The average molecular weight is 375 g/mol. The number of amides is 1. The molecule has 1 saturated carbocycles. The normalized spacial score (nSPS) is 22.0. The molecule has 1 amide bonds. The van der Waals surface area contributed by atoms with Crippen molar-refractivity contribution in [1.82, 2.24) is 5.32 Å². The first-order valence-corrected chi connectivity index (χ1v) is 8.60. The highest BCUT2D eigenvalue weighted by Gasteiger charge is 2.21. The Kier molecular flexibility index (Phi) is 6.52. The Morgan fingerprint density at radius 2 is 2.19 bits per heavy atom. The lowest BCUT2D eigenvalue weighted by Gasteiger charge is -2.28. The van der Waals surface area contributed by atoms with Crippen molar-refractivity contribution in [2.75, 3.05) is 13.2 Å². The maximum Gasteiger partial charge on any atom is 0.252 e. The lowest BCUT2D eigenvalue weighted by atomic mass is 9.88. The molecule has 1 N–H and O–H groups in total. The molecule has 3 nitrogen and oxygen atoms in total. The number of ether oxygens (including phenoxy) is 1. The molecule has 116 valence electrons. The molecule has 0 heterocycles. The van der Waals surface area contributed by atoms with Gasteiger partial charge in [0, 0.05) is 16.0 Å². The summed E-state index contributed by atoms with van der Waals surface area (Å²) in [5.41, 5.74) is 0.550. The highest BCUT2D eigenvalue weighted by atomic mass is 79.9. The van der Waals surface area contributed by atoms with Crippen LogP contribution in [0.2, 0.25) is 5.02 Å². The Hall–Kier alpha value is -0.580. The molecule has 0 aromatic heterocycles. The topological polar surface area (TPSA) is 38.3 Å². The number of carbonyl (C=O) groups is 1. The van der Waals surface area contributed by atoms with E-state index in [4.69, 9.17) is 16.3 Å². The van der Waals surface area contributed by atoms with Gasteiger partial charge >= 0.3 is 0 Å². The maximum atomic E-state index is 12.1. The van der Waals surface area contributed by atoms with Crippen LogP contribution in [-0.2, 0) is 4.74 Å². The number of hydrogen-bond acceptors (Lipinski definition) is 2. The molecule has 2 rings (SSSR count). The molecule has 0 spiro atoms. The average Bonchev–Trinajstić information content (AvgIpc) is 2.47. The quantitative estimate of drug-likeness (QED) is 0.774. The van der Waals surface area contributed by atoms with Crippen molar-refractivity contribution in [3.8, 4) is 0 Å². The summed E-state index contributed by atoms with van der Waals surface area (Å²) in [5.74, 6) is 0.487. The van der Waals surface area contributed by atoms with Gasteiger partial charge in [-0.2, -0.15) is 0 Å². The summed E-state index contributed by atoms with van der Waals surface area (Å²) in [6.07, 6.45) is 5.27. The number of hydrogen-bond donors (Lipinski definition) is 1. The molecule has 1 aromatic carbocycles. The van der Waals surface area contributed by atoms with E-state index in [9.17, 15) is 4.79 Å². The minimum Gasteiger partial charge on any atom is -0.376 e. The van der Waals surface area contributed by atoms with Gasteiger partial charge in [-0.15, -0.1) is 0 Å². The van der Waals surface area contributed by atoms with Crippen LogP contribution in [0.25, 0.3) is 0 Å². The van der Waals surface area contributed by atoms with Crippen LogP contribution in [0.4, 0.5) is 0 Å². The standard InChI is InChI=1S/C16H21BrClNO2/c1-11-4-2-3-5-15(11)21-9-8-19-16(20)13-10-12(18)6-7-14(13)17/h6-7,10-11,15H,2-5,8-9H2,1H3,(H,19,20). The van der Waals surface area contributed by atoms with Crippen molar-refractivity contribution in [3.05, 3.63) is 33.3 Å². The third kappa shape index (κ3) is 4.97. The van der Waals surface area contributed by atoms with Gasteiger partial charge in [0.1, 0.15) is 0 Å². The first-order chi connectivity index (χ1) is 10.1. The molecular formula is C16H21BrClNO2. The second-order valence-electron chi connectivity index (χ2n) is 5.55. The number of benzene rings is 1. The van der Waals surface area contributed by atoms with E-state index in [1.54, 1.807) is 18.2 Å². The van der Waals surface area contributed by atoms with Gasteiger partial charge in [-0.05, 0) is 52.9 Å². The van der Waals surface area contributed by atoms with Crippen LogP contribution in [0, 0.1) is 5.92 Å². The Balaban J connectivity index is 1.75. The summed E-state index contributed by atoms with van der Waals surface area (Å²) >= 11 is 9.27. The van der Waals surface area contributed by atoms with Gasteiger partial charge in [0.15, 0.2) is 0 Å². The number of carbonyl (C=O) groups excluding carboxylic acids is 1. The van der Waals surface area contributed by atoms with Gasteiger partial charge in [-0.25, -0.2) is 0 Å². The summed E-state index contributed by atoms with van der Waals surface area (Å²) in [6, 6.07) is 5.18. The number of nitrogens with one attached hydrogen (secondary N) is 1. The molecule has 1 fully saturated rings. The Morgan fingerprint density at radius 3 is 2.95 bits per heavy atom. The van der Waals surface area contributed by atoms with Crippen LogP contribution >= 0.6 is 27.5 Å². The van der Waals surface area contributed by atoms with E-state index in [2.05, 4.69) is 28.2 Å². The predicted molar refractivity (Wildman–Crippen MR) is 88.9 cm³/mol. The first-order valence-electron chi connectivity index (χ1n) is 7.43. The summed E-state index contributed by atoms with van der Waals surface area (Å²) in [7, 11) is 0. The van der Waals surface area contributed by atoms with Crippen LogP contribution in [0.5, 0.6) is 0 Å². The van der Waals surface area contributed by atoms with Gasteiger partial charge in [-0.3, -0.25) is 4.79 Å². The van der Waals surface area contributed by atoms with Crippen LogP contribution in [0.1, 0.15) is 43.0 Å². The van der Waals surface area contributed by atoms with E-state index in [-0.39, 0.29) is 5.91 Å². The fourth-order valence-electron chi connectivity index (χ4n) is 2.67. The first kappa shape index (κ1) is 16.8. The van der Waals surface area contributed by atoms with E-state index in [0.29, 0.717) is 35.8 Å². The molecule has 0 radical (unpaired) electrons. The van der Waals surface area contributed by atoms with Gasteiger partial charge in [0.25, 0.3) is 5.91 Å². The van der Waals surface area contributed by atoms with Crippen molar-refractivity contribution >= 4 is 33.4 Å². The van der Waals surface area contributed by atoms with Crippen molar-refractivity contribution in [2.45, 2.75) is 38.7 Å². The number of halogens is 2. The van der Waals surface area contributed by atoms with Crippen LogP contribution < -0.4 is 5.32 Å². The van der Waals surface area contributed by atoms with Crippen molar-refractivity contribution < 1.29 is 9.53 Å². The minimum absolute atomic E-state index is 0.135. The maximum absolute atomic E-state index is 12.1. The minimum atomic E-state index is -0.135. The molecule has 5 heteroatoms. The third-order valence-corrected chi connectivity index (χ3v) is 4.85. The molecular weight excluding hydrogens is 354 g/mol. The summed E-state index contributed by atoms with van der Waals surface area (Å²) in [6.45, 7) is 3.31. The molecule has 1 aromatic rings. The lowest BCUT2D eigenvalue weighted by Crippen LogP contribution is -2.32. The second-order valence-corrected chi connectivity index (χ2v) is 6.84. The summed E-state index contributed by atoms with van der Waals surface area (Å²) in [4.78, 5) is 12.1. The van der Waals surface area contributed by atoms with Crippen LogP contribution in [-0.4, -0.2) is 25.2 Å². The molecule has 21 heavy (non-hydrogen) atoms. The zero-order chi connectivity index (χ0) is 15.2. The largest absolute Gasteiger partial charge is 0.376 e. The van der Waals surface area contributed by atoms with Crippen molar-refractivity contribution in [3.63, 3.8) is 0 Å². The van der Waals surface area contributed by atoms with Crippen LogP contribution in [0.3, 0.4) is 0 Å². The molecule has 0 bridgehead atoms. The SMILES string of the molecule is CC1CCCCC1OCCNC(=O)c1cc(Cl)ccc1Br. The molecule has 2 unspecified atom stereocenters. The zero-order valence-electron chi connectivity index (χ0n) is 12.2. The highest BCUT2D eigenvalue weighted by molar-refractivity contribution is 9.10. The van der Waals surface area contributed by atoms with Gasteiger partial charge < -0.3 is 10.1 Å². The zero-order valence-corrected chi connectivity index (χ0v) is 14.5. The third-order valence-electron chi connectivity index (χ3n) is 3.93. The Labute approximate surface area is 139 Å². The van der Waals surface area contributed by atoms with E-state index < -0.39 is 0 Å². The highest BCUT2D eigenvalue weighted by Crippen LogP contribution is 2.26. The van der Waals surface area contributed by atoms with E-state index in [1.165, 1.54) is 19.3 Å². The number of rotatable bonds is 5. The smallest absolute Gasteiger partial charge is 0.252 e. The Morgan fingerprint density at radius 1 is 1.43 bits per heavy atom. The van der Waals surface area contributed by atoms with Gasteiger partial charge in [-0.1, -0.05) is 31.4 Å². The lowest BCUT2D eigenvalue weighted by molar-refractivity contribution is -0.00294. The predicted octanol–water partition coefficient (Wildman–Crippen LogP) is 4.43. The fraction of sp³-hybridized carbons (Fsp3) is 0.562. The van der Waals surface area contributed by atoms with E-state index in [0.717, 1.165) is 10.9 Å². The monoisotopic (exact) mass is 373 g/mol. The van der Waals surface area contributed by atoms with E-state index >= 15 is 0 Å². The molecule has 1 aliphatic rings. The van der Waals surface area contributed by atoms with Crippen molar-refractivity contribution in [2.24, 2.45) is 5.92 Å². The molecule has 1 aliphatic carbocycles. The molecule has 0 aliphatic heterocycles. The Bertz CT molecular complexity index is 495. The fourth-order valence-corrected chi connectivity index (χ4v) is 3.27. The van der Waals surface area contributed by atoms with Crippen LogP contribution in [0.15, 0.2) is 22.7 Å². The second kappa shape index (κ2) is 8.16. The van der Waals surface area contributed by atoms with Gasteiger partial charge in [0.05, 0.1) is 18.3 Å². The summed E-state index contributed by atoms with van der Waals surface area (Å²) in [5, 5.41) is 3.42.